The molecule has 0 radical (unpaired) electrons. The van der Waals surface area contributed by atoms with E-state index >= 15 is 0 Å². The molecule has 0 heterocycles. The van der Waals surface area contributed by atoms with Crippen molar-refractivity contribution >= 4 is 11.9 Å². The Hall–Kier alpha value is -1.84. The van der Waals surface area contributed by atoms with Gasteiger partial charge in [-0.25, -0.2) is 4.79 Å². The molecule has 1 unspecified atom stereocenters. The zero-order chi connectivity index (χ0) is 10.7. The number of ether oxygens (including phenoxy) is 1. The lowest BCUT2D eigenvalue weighted by Gasteiger charge is -2.04. The second-order valence-electron chi connectivity index (χ2n) is 3.43. The molecule has 0 spiro atoms. The molecular weight excluding hydrogens is 194 g/mol. The van der Waals surface area contributed by atoms with Crippen LogP contribution in [0.3, 0.4) is 0 Å². The number of ketones is 1. The molecule has 78 valence electrons. The van der Waals surface area contributed by atoms with Gasteiger partial charge in [0, 0.05) is 6.42 Å². The van der Waals surface area contributed by atoms with Gasteiger partial charge < -0.3 is 10.1 Å². The van der Waals surface area contributed by atoms with Crippen LogP contribution in [0.4, 0.5) is 4.79 Å². The second-order valence-corrected chi connectivity index (χ2v) is 3.43. The van der Waals surface area contributed by atoms with E-state index in [0.717, 1.165) is 5.56 Å². The van der Waals surface area contributed by atoms with Crippen LogP contribution in [0.5, 0.6) is 0 Å². The van der Waals surface area contributed by atoms with Crippen molar-refractivity contribution in [2.75, 3.05) is 0 Å². The Morgan fingerprint density at radius 2 is 2.07 bits per heavy atom. The molecule has 1 aromatic carbocycles. The first kappa shape index (κ1) is 9.71. The third-order valence-electron chi connectivity index (χ3n) is 2.14. The van der Waals surface area contributed by atoms with E-state index in [1.165, 1.54) is 0 Å². The summed E-state index contributed by atoms with van der Waals surface area (Å²) in [6.45, 7) is 0.230. The van der Waals surface area contributed by atoms with Crippen molar-refractivity contribution in [2.45, 2.75) is 19.1 Å². The van der Waals surface area contributed by atoms with Crippen LogP contribution >= 0.6 is 0 Å². The topological polar surface area (TPSA) is 55.4 Å². The predicted molar refractivity (Wildman–Crippen MR) is 53.2 cm³/mol. The van der Waals surface area contributed by atoms with Crippen molar-refractivity contribution in [1.82, 2.24) is 5.32 Å². The Labute approximate surface area is 87.2 Å². The van der Waals surface area contributed by atoms with Crippen molar-refractivity contribution in [1.29, 1.82) is 0 Å². The summed E-state index contributed by atoms with van der Waals surface area (Å²) in [6, 6.07) is 9.08. The van der Waals surface area contributed by atoms with Crippen LogP contribution in [0.1, 0.15) is 12.0 Å². The molecule has 1 amide bonds. The summed E-state index contributed by atoms with van der Waals surface area (Å²) < 4.78 is 4.92. The fourth-order valence-electron chi connectivity index (χ4n) is 1.18. The smallest absolute Gasteiger partial charge is 0.408 e. The average Bonchev–Trinajstić information content (AvgIpc) is 2.93. The number of Topliss-reactive ketones (excluding diaryl/α,β-unsaturated/α-hetero) is 1. The Morgan fingerprint density at radius 3 is 2.67 bits per heavy atom. The zero-order valence-corrected chi connectivity index (χ0v) is 8.10. The average molecular weight is 205 g/mol. The summed E-state index contributed by atoms with van der Waals surface area (Å²) in [6.07, 6.45) is -0.102. The van der Waals surface area contributed by atoms with Crippen LogP contribution < -0.4 is 5.32 Å². The number of rotatable bonds is 3. The van der Waals surface area contributed by atoms with Crippen LogP contribution in [-0.4, -0.2) is 17.9 Å². The standard InChI is InChI=1S/C11H11NO3/c13-10-6-9(10)12-11(14)15-7-8-4-2-1-3-5-8/h1-5,9H,6-7H2,(H,12,14). The molecule has 1 N–H and O–H groups in total. The van der Waals surface area contributed by atoms with Gasteiger partial charge in [0.15, 0.2) is 5.78 Å². The van der Waals surface area contributed by atoms with Gasteiger partial charge in [-0.2, -0.15) is 0 Å². The minimum atomic E-state index is -0.533. The van der Waals surface area contributed by atoms with Gasteiger partial charge in [0.05, 0.1) is 6.04 Å². The summed E-state index contributed by atoms with van der Waals surface area (Å²) in [4.78, 5) is 21.8. The number of amides is 1. The summed E-state index contributed by atoms with van der Waals surface area (Å²) in [5, 5.41) is 2.46. The normalized spacial score (nSPS) is 18.4. The highest BCUT2D eigenvalue weighted by Crippen LogP contribution is 2.13. The molecule has 1 fully saturated rings. The van der Waals surface area contributed by atoms with Crippen LogP contribution in [0.2, 0.25) is 0 Å². The molecule has 1 aromatic rings. The Bertz CT molecular complexity index is 375. The molecule has 2 rings (SSSR count). The van der Waals surface area contributed by atoms with Gasteiger partial charge in [-0.3, -0.25) is 4.79 Å². The van der Waals surface area contributed by atoms with Crippen molar-refractivity contribution in [3.8, 4) is 0 Å². The lowest BCUT2D eigenvalue weighted by molar-refractivity contribution is -0.110. The quantitative estimate of drug-likeness (QED) is 0.808. The monoisotopic (exact) mass is 205 g/mol. The van der Waals surface area contributed by atoms with Crippen molar-refractivity contribution < 1.29 is 14.3 Å². The van der Waals surface area contributed by atoms with E-state index < -0.39 is 6.09 Å². The Kier molecular flexibility index (Phi) is 2.67. The molecule has 0 aliphatic heterocycles. The molecule has 0 saturated heterocycles. The summed E-state index contributed by atoms with van der Waals surface area (Å²) in [5.41, 5.74) is 0.926. The molecule has 4 nitrogen and oxygen atoms in total. The number of benzene rings is 1. The van der Waals surface area contributed by atoms with Crippen molar-refractivity contribution in [3.05, 3.63) is 35.9 Å². The van der Waals surface area contributed by atoms with E-state index in [-0.39, 0.29) is 18.4 Å². The molecule has 1 atom stereocenters. The van der Waals surface area contributed by atoms with Crippen molar-refractivity contribution in [2.24, 2.45) is 0 Å². The van der Waals surface area contributed by atoms with E-state index in [9.17, 15) is 9.59 Å². The molecule has 1 aliphatic rings. The highest BCUT2D eigenvalue weighted by atomic mass is 16.5. The number of carbonyl (C=O) groups is 2. The number of nitrogens with one attached hydrogen (secondary N) is 1. The maximum absolute atomic E-state index is 11.1. The number of hydrogen-bond donors (Lipinski definition) is 1. The van der Waals surface area contributed by atoms with Gasteiger partial charge in [0.25, 0.3) is 0 Å². The van der Waals surface area contributed by atoms with Gasteiger partial charge in [-0.1, -0.05) is 30.3 Å². The highest BCUT2D eigenvalue weighted by Gasteiger charge is 2.36. The lowest BCUT2D eigenvalue weighted by atomic mass is 10.2. The minimum absolute atomic E-state index is 0.0617. The largest absolute Gasteiger partial charge is 0.445 e. The lowest BCUT2D eigenvalue weighted by Crippen LogP contribution is -2.27. The van der Waals surface area contributed by atoms with Crippen LogP contribution in [0.25, 0.3) is 0 Å². The maximum atomic E-state index is 11.1. The zero-order valence-electron chi connectivity index (χ0n) is 8.10. The summed E-state index contributed by atoms with van der Waals surface area (Å²) in [5.74, 6) is 0.0617. The van der Waals surface area contributed by atoms with Crippen molar-refractivity contribution in [3.63, 3.8) is 0 Å². The van der Waals surface area contributed by atoms with Gasteiger partial charge in [0.2, 0.25) is 0 Å². The van der Waals surface area contributed by atoms with E-state index in [0.29, 0.717) is 6.42 Å². The van der Waals surface area contributed by atoms with Gasteiger partial charge in [-0.15, -0.1) is 0 Å². The molecule has 1 aliphatic carbocycles. The van der Waals surface area contributed by atoms with Crippen LogP contribution in [-0.2, 0) is 16.1 Å². The number of hydrogen-bond acceptors (Lipinski definition) is 3. The van der Waals surface area contributed by atoms with E-state index in [1.807, 2.05) is 30.3 Å². The minimum Gasteiger partial charge on any atom is -0.445 e. The summed E-state index contributed by atoms with van der Waals surface area (Å²) in [7, 11) is 0. The van der Waals surface area contributed by atoms with Gasteiger partial charge in [-0.05, 0) is 5.56 Å². The van der Waals surface area contributed by atoms with Crippen LogP contribution in [0.15, 0.2) is 30.3 Å². The van der Waals surface area contributed by atoms with Gasteiger partial charge >= 0.3 is 6.09 Å². The molecular formula is C11H11NO3. The van der Waals surface area contributed by atoms with Gasteiger partial charge in [0.1, 0.15) is 6.61 Å². The maximum Gasteiger partial charge on any atom is 0.408 e. The third kappa shape index (κ3) is 2.80. The molecule has 15 heavy (non-hydrogen) atoms. The molecule has 1 saturated carbocycles. The number of alkyl carbamates (subject to hydrolysis) is 1. The molecule has 0 aromatic heterocycles. The SMILES string of the molecule is O=C(NC1CC1=O)OCc1ccccc1. The second kappa shape index (κ2) is 4.13. The van der Waals surface area contributed by atoms with E-state index in [4.69, 9.17) is 4.74 Å². The molecule has 0 bridgehead atoms. The number of carbonyl (C=O) groups excluding carboxylic acids is 2. The first-order valence-electron chi connectivity index (χ1n) is 4.75. The fraction of sp³-hybridized carbons (Fsp3) is 0.273. The fourth-order valence-corrected chi connectivity index (χ4v) is 1.18. The Morgan fingerprint density at radius 1 is 1.40 bits per heavy atom. The van der Waals surface area contributed by atoms with Crippen LogP contribution in [0, 0.1) is 0 Å². The van der Waals surface area contributed by atoms with E-state index in [1.54, 1.807) is 0 Å². The Balaban J connectivity index is 1.73. The third-order valence-corrected chi connectivity index (χ3v) is 2.14. The first-order valence-corrected chi connectivity index (χ1v) is 4.75. The first-order chi connectivity index (χ1) is 7.25. The predicted octanol–water partition coefficient (Wildman–Crippen LogP) is 1.25. The van der Waals surface area contributed by atoms with E-state index in [2.05, 4.69) is 5.32 Å². The highest BCUT2D eigenvalue weighted by molar-refractivity contribution is 6.02. The molecule has 4 heteroatoms. The summed E-state index contributed by atoms with van der Waals surface area (Å²) >= 11 is 0.